The van der Waals surface area contributed by atoms with E-state index in [1.54, 1.807) is 24.3 Å². The van der Waals surface area contributed by atoms with Crippen LogP contribution in [0.1, 0.15) is 11.1 Å². The molecule has 0 unspecified atom stereocenters. The van der Waals surface area contributed by atoms with Crippen LogP contribution in [0.3, 0.4) is 0 Å². The molecule has 0 bridgehead atoms. The Morgan fingerprint density at radius 1 is 1.16 bits per heavy atom. The number of hydrogen-bond donors (Lipinski definition) is 1. The van der Waals surface area contributed by atoms with Gasteiger partial charge in [-0.3, -0.25) is 0 Å². The fourth-order valence-corrected chi connectivity index (χ4v) is 2.03. The third-order valence-corrected chi connectivity index (χ3v) is 2.98. The van der Waals surface area contributed by atoms with Crippen LogP contribution in [0, 0.1) is 0 Å². The van der Waals surface area contributed by atoms with E-state index < -0.39 is 0 Å². The third kappa shape index (κ3) is 3.88. The van der Waals surface area contributed by atoms with Crippen LogP contribution in [0.4, 0.5) is 0 Å². The van der Waals surface area contributed by atoms with E-state index in [1.807, 2.05) is 18.2 Å². The Balaban J connectivity index is 2.07. The molecule has 2 aromatic carbocycles. The van der Waals surface area contributed by atoms with Crippen LogP contribution in [0.5, 0.6) is 5.75 Å². The first-order chi connectivity index (χ1) is 9.19. The first kappa shape index (κ1) is 13.7. The summed E-state index contributed by atoms with van der Waals surface area (Å²) in [6.45, 7) is 0.383. The van der Waals surface area contributed by atoms with Crippen LogP contribution in [0.2, 0.25) is 10.0 Å². The van der Waals surface area contributed by atoms with Gasteiger partial charge in [-0.2, -0.15) is 0 Å². The lowest BCUT2D eigenvalue weighted by Crippen LogP contribution is -1.96. The normalized spacial score (nSPS) is 10.8. The summed E-state index contributed by atoms with van der Waals surface area (Å²) in [5.74, 6) is 0.566. The van der Waals surface area contributed by atoms with E-state index in [9.17, 15) is 0 Å². The number of rotatable bonds is 4. The second kappa shape index (κ2) is 6.45. The van der Waals surface area contributed by atoms with Gasteiger partial charge in [0.2, 0.25) is 0 Å². The monoisotopic (exact) mass is 295 g/mol. The number of benzene rings is 2. The molecule has 0 aliphatic heterocycles. The van der Waals surface area contributed by atoms with Crippen molar-refractivity contribution in [2.24, 2.45) is 5.16 Å². The summed E-state index contributed by atoms with van der Waals surface area (Å²) in [5.41, 5.74) is 1.66. The maximum Gasteiger partial charge on any atom is 0.138 e. The molecule has 0 atom stereocenters. The van der Waals surface area contributed by atoms with Crippen LogP contribution in [0.15, 0.2) is 47.6 Å². The van der Waals surface area contributed by atoms with Crippen molar-refractivity contribution in [2.75, 3.05) is 0 Å². The quantitative estimate of drug-likeness (QED) is 0.517. The molecule has 0 aromatic heterocycles. The van der Waals surface area contributed by atoms with Crippen molar-refractivity contribution in [2.45, 2.75) is 6.61 Å². The van der Waals surface area contributed by atoms with E-state index in [1.165, 1.54) is 6.21 Å². The minimum absolute atomic E-state index is 0.383. The van der Waals surface area contributed by atoms with Crippen LogP contribution in [-0.4, -0.2) is 11.4 Å². The first-order valence-corrected chi connectivity index (χ1v) is 6.29. The van der Waals surface area contributed by atoms with Gasteiger partial charge in [0, 0.05) is 5.02 Å². The Hall–Kier alpha value is -1.71. The Bertz CT molecular complexity index is 600. The molecule has 3 nitrogen and oxygen atoms in total. The van der Waals surface area contributed by atoms with Crippen molar-refractivity contribution in [3.05, 3.63) is 63.6 Å². The van der Waals surface area contributed by atoms with Crippen LogP contribution >= 0.6 is 23.2 Å². The minimum atomic E-state index is 0.383. The van der Waals surface area contributed by atoms with Gasteiger partial charge in [0.15, 0.2) is 0 Å². The molecule has 5 heteroatoms. The van der Waals surface area contributed by atoms with Gasteiger partial charge in [-0.15, -0.1) is 0 Å². The van der Waals surface area contributed by atoms with E-state index in [0.717, 1.165) is 5.56 Å². The number of nitrogens with zero attached hydrogens (tertiary/aromatic N) is 1. The molecule has 0 heterocycles. The SMILES string of the molecule is O/N=C\c1ccc(OCc2cccc(Cl)c2)c(Cl)c1. The number of ether oxygens (including phenoxy) is 1. The summed E-state index contributed by atoms with van der Waals surface area (Å²) in [4.78, 5) is 0. The molecule has 0 spiro atoms. The molecule has 98 valence electrons. The molecule has 0 aliphatic carbocycles. The van der Waals surface area contributed by atoms with Crippen LogP contribution < -0.4 is 4.74 Å². The fourth-order valence-electron chi connectivity index (χ4n) is 1.57. The van der Waals surface area contributed by atoms with Crippen molar-refractivity contribution in [3.8, 4) is 5.75 Å². The van der Waals surface area contributed by atoms with Crippen molar-refractivity contribution < 1.29 is 9.94 Å². The van der Waals surface area contributed by atoms with E-state index in [0.29, 0.717) is 28.0 Å². The highest BCUT2D eigenvalue weighted by Crippen LogP contribution is 2.26. The van der Waals surface area contributed by atoms with Crippen molar-refractivity contribution >= 4 is 29.4 Å². The van der Waals surface area contributed by atoms with E-state index in [4.69, 9.17) is 33.1 Å². The zero-order valence-corrected chi connectivity index (χ0v) is 11.4. The number of oxime groups is 1. The van der Waals surface area contributed by atoms with Gasteiger partial charge in [0.05, 0.1) is 11.2 Å². The number of halogens is 2. The molecule has 0 aliphatic rings. The third-order valence-electron chi connectivity index (χ3n) is 2.45. The summed E-state index contributed by atoms with van der Waals surface area (Å²) >= 11 is 12.0. The summed E-state index contributed by atoms with van der Waals surface area (Å²) in [7, 11) is 0. The second-order valence-electron chi connectivity index (χ2n) is 3.85. The van der Waals surface area contributed by atoms with Crippen molar-refractivity contribution in [3.63, 3.8) is 0 Å². The summed E-state index contributed by atoms with van der Waals surface area (Å²) in [6.07, 6.45) is 1.30. The molecule has 19 heavy (non-hydrogen) atoms. The van der Waals surface area contributed by atoms with Gasteiger partial charge in [-0.25, -0.2) is 0 Å². The zero-order valence-electron chi connectivity index (χ0n) is 9.88. The molecule has 0 fully saturated rings. The highest BCUT2D eigenvalue weighted by atomic mass is 35.5. The smallest absolute Gasteiger partial charge is 0.138 e. The summed E-state index contributed by atoms with van der Waals surface area (Å²) in [5, 5.41) is 12.5. The largest absolute Gasteiger partial charge is 0.487 e. The maximum absolute atomic E-state index is 8.44. The van der Waals surface area contributed by atoms with Gasteiger partial charge in [-0.05, 0) is 41.5 Å². The van der Waals surface area contributed by atoms with Gasteiger partial charge in [0.25, 0.3) is 0 Å². The number of hydrogen-bond acceptors (Lipinski definition) is 3. The van der Waals surface area contributed by atoms with E-state index >= 15 is 0 Å². The molecule has 0 amide bonds. The highest BCUT2D eigenvalue weighted by Gasteiger charge is 2.03. The molecule has 2 rings (SSSR count). The maximum atomic E-state index is 8.44. The van der Waals surface area contributed by atoms with E-state index in [-0.39, 0.29) is 0 Å². The van der Waals surface area contributed by atoms with Crippen LogP contribution in [-0.2, 0) is 6.61 Å². The Kier molecular flexibility index (Phi) is 4.66. The Morgan fingerprint density at radius 2 is 2.00 bits per heavy atom. The van der Waals surface area contributed by atoms with Gasteiger partial charge in [-0.1, -0.05) is 40.5 Å². The summed E-state index contributed by atoms with van der Waals surface area (Å²) in [6, 6.07) is 12.6. The predicted molar refractivity (Wildman–Crippen MR) is 76.6 cm³/mol. The highest BCUT2D eigenvalue weighted by molar-refractivity contribution is 6.32. The lowest BCUT2D eigenvalue weighted by Gasteiger charge is -2.08. The predicted octanol–water partition coefficient (Wildman–Crippen LogP) is 4.38. The van der Waals surface area contributed by atoms with Crippen LogP contribution in [0.25, 0.3) is 0 Å². The van der Waals surface area contributed by atoms with Crippen molar-refractivity contribution in [1.29, 1.82) is 0 Å². The minimum Gasteiger partial charge on any atom is -0.487 e. The summed E-state index contributed by atoms with van der Waals surface area (Å²) < 4.78 is 5.61. The van der Waals surface area contributed by atoms with E-state index in [2.05, 4.69) is 5.16 Å². The molecule has 0 radical (unpaired) electrons. The van der Waals surface area contributed by atoms with Gasteiger partial charge < -0.3 is 9.94 Å². The molecular weight excluding hydrogens is 285 g/mol. The molecule has 0 saturated carbocycles. The fraction of sp³-hybridized carbons (Fsp3) is 0.0714. The Labute approximate surface area is 121 Å². The Morgan fingerprint density at radius 3 is 2.68 bits per heavy atom. The van der Waals surface area contributed by atoms with Crippen molar-refractivity contribution in [1.82, 2.24) is 0 Å². The standard InChI is InChI=1S/C14H11Cl2NO2/c15-12-3-1-2-11(6-12)9-19-14-5-4-10(8-17-18)7-13(14)16/h1-8,18H,9H2/b17-8-. The average molecular weight is 296 g/mol. The molecular formula is C14H11Cl2NO2. The van der Waals surface area contributed by atoms with Gasteiger partial charge in [0.1, 0.15) is 12.4 Å². The lowest BCUT2D eigenvalue weighted by molar-refractivity contribution is 0.306. The molecule has 0 saturated heterocycles. The lowest BCUT2D eigenvalue weighted by atomic mass is 10.2. The first-order valence-electron chi connectivity index (χ1n) is 5.53. The molecule has 2 aromatic rings. The second-order valence-corrected chi connectivity index (χ2v) is 4.70. The van der Waals surface area contributed by atoms with Gasteiger partial charge >= 0.3 is 0 Å². The average Bonchev–Trinajstić information content (AvgIpc) is 2.38. The topological polar surface area (TPSA) is 41.8 Å². The zero-order chi connectivity index (χ0) is 13.7. The molecule has 1 N–H and O–H groups in total.